The first-order chi connectivity index (χ1) is 10.1. The van der Waals surface area contributed by atoms with Crippen molar-refractivity contribution in [3.8, 4) is 0 Å². The lowest BCUT2D eigenvalue weighted by molar-refractivity contribution is -0.131. The first kappa shape index (κ1) is 13.5. The van der Waals surface area contributed by atoms with E-state index >= 15 is 0 Å². The van der Waals surface area contributed by atoms with E-state index in [-0.39, 0.29) is 24.3 Å². The standard InChI is InChI=1S/C16H17N3O2/c1-10(2)15-16(21)18-9-14(20)19(15)12-5-6-13-11(8-12)4-3-7-17-13/h3-8,10,15H,9H2,1-2H3,(H,18,21). The second-order valence-electron chi connectivity index (χ2n) is 5.55. The molecule has 1 aromatic carbocycles. The van der Waals surface area contributed by atoms with Crippen LogP contribution in [0.25, 0.3) is 10.9 Å². The molecule has 1 unspecified atom stereocenters. The summed E-state index contributed by atoms with van der Waals surface area (Å²) in [6.07, 6.45) is 1.73. The minimum Gasteiger partial charge on any atom is -0.345 e. The highest BCUT2D eigenvalue weighted by atomic mass is 16.2. The molecule has 1 aliphatic rings. The smallest absolute Gasteiger partial charge is 0.247 e. The van der Waals surface area contributed by atoms with Gasteiger partial charge in [-0.3, -0.25) is 19.5 Å². The van der Waals surface area contributed by atoms with Crippen molar-refractivity contribution in [2.75, 3.05) is 11.4 Å². The van der Waals surface area contributed by atoms with Gasteiger partial charge in [0.1, 0.15) is 6.04 Å². The summed E-state index contributed by atoms with van der Waals surface area (Å²) in [4.78, 5) is 30.3. The maximum atomic E-state index is 12.3. The summed E-state index contributed by atoms with van der Waals surface area (Å²) in [5, 5.41) is 3.61. The fraction of sp³-hybridized carbons (Fsp3) is 0.312. The average Bonchev–Trinajstić information content (AvgIpc) is 2.48. The van der Waals surface area contributed by atoms with E-state index in [2.05, 4.69) is 10.3 Å². The Kier molecular flexibility index (Phi) is 3.33. The van der Waals surface area contributed by atoms with E-state index < -0.39 is 6.04 Å². The second kappa shape index (κ2) is 5.16. The topological polar surface area (TPSA) is 62.3 Å². The fourth-order valence-corrected chi connectivity index (χ4v) is 2.74. The highest BCUT2D eigenvalue weighted by Crippen LogP contribution is 2.26. The second-order valence-corrected chi connectivity index (χ2v) is 5.55. The van der Waals surface area contributed by atoms with E-state index in [0.717, 1.165) is 16.6 Å². The van der Waals surface area contributed by atoms with Crippen LogP contribution < -0.4 is 10.2 Å². The predicted molar refractivity (Wildman–Crippen MR) is 80.9 cm³/mol. The molecule has 0 radical (unpaired) electrons. The Bertz CT molecular complexity index is 711. The van der Waals surface area contributed by atoms with Gasteiger partial charge in [-0.25, -0.2) is 0 Å². The highest BCUT2D eigenvalue weighted by molar-refractivity contribution is 6.07. The molecule has 0 bridgehead atoms. The van der Waals surface area contributed by atoms with Crippen molar-refractivity contribution in [2.45, 2.75) is 19.9 Å². The molecular formula is C16H17N3O2. The highest BCUT2D eigenvalue weighted by Gasteiger charge is 2.37. The number of pyridine rings is 1. The Morgan fingerprint density at radius 1 is 1.29 bits per heavy atom. The van der Waals surface area contributed by atoms with Gasteiger partial charge in [-0.1, -0.05) is 19.9 Å². The SMILES string of the molecule is CC(C)C1C(=O)NCC(=O)N1c1ccc2ncccc2c1. The number of hydrogen-bond acceptors (Lipinski definition) is 3. The van der Waals surface area contributed by atoms with Crippen molar-refractivity contribution < 1.29 is 9.59 Å². The Balaban J connectivity index is 2.08. The van der Waals surface area contributed by atoms with E-state index in [1.54, 1.807) is 11.1 Å². The van der Waals surface area contributed by atoms with Crippen molar-refractivity contribution in [1.82, 2.24) is 10.3 Å². The monoisotopic (exact) mass is 283 g/mol. The largest absolute Gasteiger partial charge is 0.345 e. The van der Waals surface area contributed by atoms with Crippen molar-refractivity contribution in [3.63, 3.8) is 0 Å². The minimum absolute atomic E-state index is 0.0406. The van der Waals surface area contributed by atoms with Crippen LogP contribution in [0.3, 0.4) is 0 Å². The first-order valence-corrected chi connectivity index (χ1v) is 7.02. The van der Waals surface area contributed by atoms with Gasteiger partial charge in [0.05, 0.1) is 12.1 Å². The number of piperazine rings is 1. The number of hydrogen-bond donors (Lipinski definition) is 1. The van der Waals surface area contributed by atoms with Gasteiger partial charge < -0.3 is 5.32 Å². The van der Waals surface area contributed by atoms with Gasteiger partial charge in [0.2, 0.25) is 11.8 Å². The number of amides is 2. The van der Waals surface area contributed by atoms with Crippen LogP contribution in [0.1, 0.15) is 13.8 Å². The number of carbonyl (C=O) groups is 2. The number of fused-ring (bicyclic) bond motifs is 1. The van der Waals surface area contributed by atoms with E-state index in [9.17, 15) is 9.59 Å². The molecule has 1 aliphatic heterocycles. The van der Waals surface area contributed by atoms with E-state index in [4.69, 9.17) is 0 Å². The van der Waals surface area contributed by atoms with Gasteiger partial charge in [-0.2, -0.15) is 0 Å². The molecule has 0 aliphatic carbocycles. The van der Waals surface area contributed by atoms with E-state index in [1.807, 2.05) is 44.2 Å². The van der Waals surface area contributed by atoms with Crippen molar-refractivity contribution >= 4 is 28.4 Å². The summed E-state index contributed by atoms with van der Waals surface area (Å²) in [6, 6.07) is 8.97. The number of nitrogens with one attached hydrogen (secondary N) is 1. The third-order valence-corrected chi connectivity index (χ3v) is 3.73. The number of nitrogens with zero attached hydrogens (tertiary/aromatic N) is 2. The van der Waals surface area contributed by atoms with Gasteiger partial charge >= 0.3 is 0 Å². The number of benzene rings is 1. The molecule has 0 saturated carbocycles. The number of carbonyl (C=O) groups excluding carboxylic acids is 2. The molecule has 1 N–H and O–H groups in total. The third kappa shape index (κ3) is 2.35. The number of anilines is 1. The predicted octanol–water partition coefficient (Wildman–Crippen LogP) is 1.72. The van der Waals surface area contributed by atoms with Gasteiger partial charge in [0, 0.05) is 17.3 Å². The Labute approximate surface area is 123 Å². The molecule has 2 heterocycles. The molecule has 108 valence electrons. The minimum atomic E-state index is -0.472. The zero-order valence-corrected chi connectivity index (χ0v) is 12.0. The van der Waals surface area contributed by atoms with Crippen LogP contribution in [0, 0.1) is 5.92 Å². The zero-order valence-electron chi connectivity index (χ0n) is 12.0. The molecule has 1 aromatic heterocycles. The maximum absolute atomic E-state index is 12.3. The molecule has 5 nitrogen and oxygen atoms in total. The maximum Gasteiger partial charge on any atom is 0.247 e. The lowest BCUT2D eigenvalue weighted by Gasteiger charge is -2.37. The van der Waals surface area contributed by atoms with Crippen molar-refractivity contribution in [2.24, 2.45) is 5.92 Å². The third-order valence-electron chi connectivity index (χ3n) is 3.73. The lowest BCUT2D eigenvalue weighted by atomic mass is 9.98. The van der Waals surface area contributed by atoms with Crippen LogP contribution in [0.15, 0.2) is 36.5 Å². The normalized spacial score (nSPS) is 19.2. The molecule has 1 atom stereocenters. The zero-order chi connectivity index (χ0) is 15.0. The fourth-order valence-electron chi connectivity index (χ4n) is 2.74. The Hall–Kier alpha value is -2.43. The summed E-state index contributed by atoms with van der Waals surface area (Å²) in [5.41, 5.74) is 1.62. The molecule has 1 saturated heterocycles. The molecular weight excluding hydrogens is 266 g/mol. The van der Waals surface area contributed by atoms with Crippen LogP contribution in [0.5, 0.6) is 0 Å². The van der Waals surface area contributed by atoms with Crippen LogP contribution >= 0.6 is 0 Å². The lowest BCUT2D eigenvalue weighted by Crippen LogP contribution is -2.60. The molecule has 21 heavy (non-hydrogen) atoms. The van der Waals surface area contributed by atoms with Crippen LogP contribution in [-0.4, -0.2) is 29.4 Å². The van der Waals surface area contributed by atoms with Crippen LogP contribution in [0.4, 0.5) is 5.69 Å². The molecule has 0 spiro atoms. The van der Waals surface area contributed by atoms with Gasteiger partial charge in [-0.05, 0) is 30.2 Å². The van der Waals surface area contributed by atoms with Crippen molar-refractivity contribution in [1.29, 1.82) is 0 Å². The summed E-state index contributed by atoms with van der Waals surface area (Å²) in [6.45, 7) is 3.93. The molecule has 5 heteroatoms. The summed E-state index contributed by atoms with van der Waals surface area (Å²) in [5.74, 6) is -0.147. The summed E-state index contributed by atoms with van der Waals surface area (Å²) >= 11 is 0. The molecule has 2 aromatic rings. The van der Waals surface area contributed by atoms with E-state index in [1.165, 1.54) is 0 Å². The van der Waals surface area contributed by atoms with Gasteiger partial charge in [0.25, 0.3) is 0 Å². The van der Waals surface area contributed by atoms with Crippen LogP contribution in [0.2, 0.25) is 0 Å². The summed E-state index contributed by atoms with van der Waals surface area (Å²) in [7, 11) is 0. The Morgan fingerprint density at radius 3 is 2.86 bits per heavy atom. The Morgan fingerprint density at radius 2 is 2.10 bits per heavy atom. The molecule has 2 amide bonds. The van der Waals surface area contributed by atoms with Crippen LogP contribution in [-0.2, 0) is 9.59 Å². The van der Waals surface area contributed by atoms with Gasteiger partial charge in [0.15, 0.2) is 0 Å². The first-order valence-electron chi connectivity index (χ1n) is 7.02. The molecule has 3 rings (SSSR count). The molecule has 1 fully saturated rings. The number of rotatable bonds is 2. The van der Waals surface area contributed by atoms with Crippen molar-refractivity contribution in [3.05, 3.63) is 36.5 Å². The summed E-state index contributed by atoms with van der Waals surface area (Å²) < 4.78 is 0. The number of aromatic nitrogens is 1. The van der Waals surface area contributed by atoms with E-state index in [0.29, 0.717) is 0 Å². The average molecular weight is 283 g/mol. The quantitative estimate of drug-likeness (QED) is 0.913. The van der Waals surface area contributed by atoms with Gasteiger partial charge in [-0.15, -0.1) is 0 Å².